The molecule has 0 unspecified atom stereocenters. The molecule has 0 aromatic carbocycles. The van der Waals surface area contributed by atoms with E-state index in [1.54, 1.807) is 11.9 Å². The molecule has 8 heteroatoms. The molecule has 8 nitrogen and oxygen atoms in total. The lowest BCUT2D eigenvalue weighted by Crippen LogP contribution is -2.48. The van der Waals surface area contributed by atoms with Crippen LogP contribution in [0.25, 0.3) is 0 Å². The molecule has 0 atom stereocenters. The number of rotatable bonds is 7. The Morgan fingerprint density at radius 1 is 1.08 bits per heavy atom. The number of hydrogen-bond donors (Lipinski definition) is 1. The van der Waals surface area contributed by atoms with Crippen LogP contribution < -0.4 is 5.32 Å². The first-order valence-corrected chi connectivity index (χ1v) is 9.50. The zero-order chi connectivity index (χ0) is 19.3. The van der Waals surface area contributed by atoms with Crippen LogP contribution in [0, 0.1) is 0 Å². The Morgan fingerprint density at radius 2 is 1.69 bits per heavy atom. The minimum absolute atomic E-state index is 0.00456. The van der Waals surface area contributed by atoms with Gasteiger partial charge in [-0.05, 0) is 26.7 Å². The number of carbonyl (C=O) groups excluding carboxylic acids is 4. The molecule has 1 saturated carbocycles. The summed E-state index contributed by atoms with van der Waals surface area (Å²) < 4.78 is 0. The topological polar surface area (TPSA) is 90.0 Å². The van der Waals surface area contributed by atoms with E-state index in [2.05, 4.69) is 5.32 Å². The average molecular weight is 366 g/mol. The highest BCUT2D eigenvalue weighted by molar-refractivity contribution is 6.07. The molecule has 1 N–H and O–H groups in total. The number of amides is 5. The van der Waals surface area contributed by atoms with E-state index in [0.717, 1.165) is 24.2 Å². The van der Waals surface area contributed by atoms with Crippen LogP contribution in [0.4, 0.5) is 4.79 Å². The van der Waals surface area contributed by atoms with E-state index < -0.39 is 11.6 Å². The van der Waals surface area contributed by atoms with Crippen molar-refractivity contribution >= 4 is 23.8 Å². The van der Waals surface area contributed by atoms with E-state index in [4.69, 9.17) is 0 Å². The molecule has 1 heterocycles. The molecule has 0 aromatic heterocycles. The third-order valence-electron chi connectivity index (χ3n) is 5.42. The van der Waals surface area contributed by atoms with Crippen LogP contribution in [0.5, 0.6) is 0 Å². The molecule has 2 fully saturated rings. The van der Waals surface area contributed by atoms with Gasteiger partial charge in [0.25, 0.3) is 5.91 Å². The van der Waals surface area contributed by atoms with Gasteiger partial charge in [0, 0.05) is 33.1 Å². The maximum absolute atomic E-state index is 12.7. The molecule has 146 valence electrons. The van der Waals surface area contributed by atoms with E-state index >= 15 is 0 Å². The molecular weight excluding hydrogens is 336 g/mol. The van der Waals surface area contributed by atoms with Crippen molar-refractivity contribution in [1.29, 1.82) is 0 Å². The number of imide groups is 1. The second-order valence-electron chi connectivity index (χ2n) is 7.10. The fraction of sp³-hybridized carbons (Fsp3) is 0.778. The Morgan fingerprint density at radius 3 is 2.27 bits per heavy atom. The van der Waals surface area contributed by atoms with Crippen LogP contribution in [0.3, 0.4) is 0 Å². The van der Waals surface area contributed by atoms with Crippen molar-refractivity contribution in [3.05, 3.63) is 0 Å². The summed E-state index contributed by atoms with van der Waals surface area (Å²) in [5.41, 5.74) is -0.761. The number of nitrogens with zero attached hydrogens (tertiary/aromatic N) is 3. The Bertz CT molecular complexity index is 568. The maximum atomic E-state index is 12.7. The highest BCUT2D eigenvalue weighted by Gasteiger charge is 2.51. The fourth-order valence-electron chi connectivity index (χ4n) is 3.74. The molecule has 1 aliphatic heterocycles. The van der Waals surface area contributed by atoms with Gasteiger partial charge in [-0.15, -0.1) is 0 Å². The molecule has 5 amide bonds. The lowest BCUT2D eigenvalue weighted by Gasteiger charge is -2.30. The molecule has 0 radical (unpaired) electrons. The zero-order valence-electron chi connectivity index (χ0n) is 16.0. The Hall–Kier alpha value is -2.12. The van der Waals surface area contributed by atoms with Gasteiger partial charge in [-0.3, -0.25) is 19.3 Å². The van der Waals surface area contributed by atoms with Crippen molar-refractivity contribution in [3.8, 4) is 0 Å². The van der Waals surface area contributed by atoms with Crippen LogP contribution >= 0.6 is 0 Å². The molecular formula is C18H30N4O4. The first kappa shape index (κ1) is 20.2. The third-order valence-corrected chi connectivity index (χ3v) is 5.42. The molecule has 26 heavy (non-hydrogen) atoms. The Kier molecular flexibility index (Phi) is 6.61. The van der Waals surface area contributed by atoms with Crippen molar-refractivity contribution in [2.24, 2.45) is 0 Å². The molecule has 0 bridgehead atoms. The minimum Gasteiger partial charge on any atom is -0.342 e. The van der Waals surface area contributed by atoms with Crippen molar-refractivity contribution in [1.82, 2.24) is 20.0 Å². The van der Waals surface area contributed by atoms with Gasteiger partial charge in [0.2, 0.25) is 11.8 Å². The van der Waals surface area contributed by atoms with Gasteiger partial charge < -0.3 is 15.1 Å². The maximum Gasteiger partial charge on any atom is 0.325 e. The lowest BCUT2D eigenvalue weighted by atomic mass is 9.82. The van der Waals surface area contributed by atoms with Crippen LogP contribution in [-0.2, 0) is 14.4 Å². The van der Waals surface area contributed by atoms with Gasteiger partial charge in [-0.25, -0.2) is 4.79 Å². The first-order valence-electron chi connectivity index (χ1n) is 9.50. The monoisotopic (exact) mass is 366 g/mol. The molecule has 2 rings (SSSR count). The predicted octanol–water partition coefficient (Wildman–Crippen LogP) is 0.958. The Labute approximate surface area is 154 Å². The van der Waals surface area contributed by atoms with Crippen LogP contribution in [0.1, 0.15) is 52.4 Å². The van der Waals surface area contributed by atoms with E-state index in [0.29, 0.717) is 25.9 Å². The van der Waals surface area contributed by atoms with E-state index in [-0.39, 0.29) is 37.2 Å². The smallest absolute Gasteiger partial charge is 0.325 e. The summed E-state index contributed by atoms with van der Waals surface area (Å²) in [6.45, 7) is 5.03. The van der Waals surface area contributed by atoms with Gasteiger partial charge in [0.05, 0.1) is 6.54 Å². The average Bonchev–Trinajstić information content (AvgIpc) is 2.84. The summed E-state index contributed by atoms with van der Waals surface area (Å²) in [7, 11) is 1.57. The SMILES string of the molecule is CCN(CC)C(=O)CN(C)C(=O)CCN1C(=O)NC2(CCCCC2)C1=O. The second-order valence-corrected chi connectivity index (χ2v) is 7.10. The fourth-order valence-corrected chi connectivity index (χ4v) is 3.74. The van der Waals surface area contributed by atoms with E-state index in [9.17, 15) is 19.2 Å². The van der Waals surface area contributed by atoms with Crippen molar-refractivity contribution in [3.63, 3.8) is 0 Å². The highest BCUT2D eigenvalue weighted by atomic mass is 16.2. The van der Waals surface area contributed by atoms with Crippen LogP contribution in [-0.4, -0.2) is 77.2 Å². The normalized spacial score (nSPS) is 18.8. The van der Waals surface area contributed by atoms with Gasteiger partial charge in [0.15, 0.2) is 0 Å². The van der Waals surface area contributed by atoms with Gasteiger partial charge in [0.1, 0.15) is 5.54 Å². The van der Waals surface area contributed by atoms with Crippen molar-refractivity contribution < 1.29 is 19.2 Å². The second kappa shape index (κ2) is 8.51. The minimum atomic E-state index is -0.761. The van der Waals surface area contributed by atoms with Gasteiger partial charge >= 0.3 is 6.03 Å². The number of likely N-dealkylation sites (N-methyl/N-ethyl adjacent to an activating group) is 2. The summed E-state index contributed by atoms with van der Waals surface area (Å²) in [4.78, 5) is 53.4. The highest BCUT2D eigenvalue weighted by Crippen LogP contribution is 2.33. The van der Waals surface area contributed by atoms with E-state index in [1.165, 1.54) is 4.90 Å². The number of urea groups is 1. The van der Waals surface area contributed by atoms with Crippen LogP contribution in [0.2, 0.25) is 0 Å². The van der Waals surface area contributed by atoms with Gasteiger partial charge in [-0.1, -0.05) is 19.3 Å². The predicted molar refractivity (Wildman–Crippen MR) is 96.2 cm³/mol. The zero-order valence-corrected chi connectivity index (χ0v) is 16.0. The summed E-state index contributed by atoms with van der Waals surface area (Å²) in [6, 6.07) is -0.411. The van der Waals surface area contributed by atoms with Crippen LogP contribution in [0.15, 0.2) is 0 Å². The summed E-state index contributed by atoms with van der Waals surface area (Å²) >= 11 is 0. The number of hydrogen-bond acceptors (Lipinski definition) is 4. The van der Waals surface area contributed by atoms with Gasteiger partial charge in [-0.2, -0.15) is 0 Å². The quantitative estimate of drug-likeness (QED) is 0.680. The summed E-state index contributed by atoms with van der Waals surface area (Å²) in [5, 5.41) is 2.84. The first-order chi connectivity index (χ1) is 12.3. The Balaban J connectivity index is 1.87. The number of carbonyl (C=O) groups is 4. The third kappa shape index (κ3) is 4.16. The molecule has 2 aliphatic rings. The standard InChI is InChI=1S/C18H30N4O4/c1-4-21(5-2)15(24)13-20(3)14(23)9-12-22-16(25)18(19-17(22)26)10-7-6-8-11-18/h4-13H2,1-3H3,(H,19,26). The largest absolute Gasteiger partial charge is 0.342 e. The molecule has 1 saturated heterocycles. The summed E-state index contributed by atoms with van der Waals surface area (Å²) in [6.07, 6.45) is 4.29. The van der Waals surface area contributed by atoms with Crippen molar-refractivity contribution in [2.75, 3.05) is 33.2 Å². The molecule has 1 spiro atoms. The molecule has 1 aliphatic carbocycles. The number of nitrogens with one attached hydrogen (secondary N) is 1. The lowest BCUT2D eigenvalue weighted by molar-refractivity contribution is -0.140. The van der Waals surface area contributed by atoms with E-state index in [1.807, 2.05) is 13.8 Å². The molecule has 0 aromatic rings. The van der Waals surface area contributed by atoms with Crippen molar-refractivity contribution in [2.45, 2.75) is 57.9 Å². The summed E-state index contributed by atoms with van der Waals surface area (Å²) in [5.74, 6) is -0.574.